The number of esters is 1. The smallest absolute Gasteiger partial charge is 0.319 e. The van der Waals surface area contributed by atoms with E-state index in [0.29, 0.717) is 6.61 Å². The largest absolute Gasteiger partial charge is 0.460 e. The number of nitrogens with zero attached hydrogens (tertiary/aromatic N) is 2. The first kappa shape index (κ1) is 13.2. The Bertz CT molecular complexity index is 560. The quantitative estimate of drug-likeness (QED) is 0.812. The molecule has 5 heteroatoms. The molecule has 3 rings (SSSR count). The normalized spacial score (nSPS) is 18.1. The van der Waals surface area contributed by atoms with E-state index in [1.807, 2.05) is 36.5 Å². The van der Waals surface area contributed by atoms with Crippen LogP contribution >= 0.6 is 11.8 Å². The first-order chi connectivity index (χ1) is 9.83. The molecule has 2 heterocycles. The van der Waals surface area contributed by atoms with Gasteiger partial charge in [0, 0.05) is 12.4 Å². The van der Waals surface area contributed by atoms with Crippen LogP contribution in [0.5, 0.6) is 0 Å². The molecule has 1 aliphatic heterocycles. The highest BCUT2D eigenvalue weighted by molar-refractivity contribution is 8.00. The molecule has 2 aromatic rings. The van der Waals surface area contributed by atoms with Gasteiger partial charge in [-0.15, -0.1) is 11.8 Å². The number of carbonyl (C=O) groups is 1. The van der Waals surface area contributed by atoms with E-state index in [1.165, 1.54) is 0 Å². The summed E-state index contributed by atoms with van der Waals surface area (Å²) in [5.74, 6) is 0.988. The van der Waals surface area contributed by atoms with Crippen molar-refractivity contribution in [3.05, 3.63) is 48.3 Å². The number of hydrogen-bond acceptors (Lipinski definition) is 4. The lowest BCUT2D eigenvalue weighted by Crippen LogP contribution is -2.17. The van der Waals surface area contributed by atoms with Gasteiger partial charge in [0.15, 0.2) is 0 Å². The van der Waals surface area contributed by atoms with Crippen LogP contribution in [0.2, 0.25) is 0 Å². The summed E-state index contributed by atoms with van der Waals surface area (Å²) >= 11 is 1.70. The zero-order valence-corrected chi connectivity index (χ0v) is 11.9. The maximum Gasteiger partial charge on any atom is 0.319 e. The molecular formula is C15H16N2O2S. The molecule has 0 N–H and O–H groups in total. The number of benzene rings is 1. The SMILES string of the molecule is O=C(OCc1ccc(-n2cccn2)cc1)[C@H]1CCCS1. The molecule has 0 amide bonds. The van der Waals surface area contributed by atoms with Crippen LogP contribution in [-0.4, -0.2) is 26.8 Å². The van der Waals surface area contributed by atoms with Crippen LogP contribution < -0.4 is 0 Å². The number of ether oxygens (including phenoxy) is 1. The highest BCUT2D eigenvalue weighted by Crippen LogP contribution is 2.27. The molecule has 1 saturated heterocycles. The van der Waals surface area contributed by atoms with Crippen LogP contribution in [0.3, 0.4) is 0 Å². The number of thioether (sulfide) groups is 1. The Kier molecular flexibility index (Phi) is 4.06. The van der Waals surface area contributed by atoms with Gasteiger partial charge in [0.05, 0.1) is 5.69 Å². The fourth-order valence-electron chi connectivity index (χ4n) is 2.18. The molecule has 0 bridgehead atoms. The first-order valence-electron chi connectivity index (χ1n) is 6.70. The van der Waals surface area contributed by atoms with Gasteiger partial charge >= 0.3 is 5.97 Å². The highest BCUT2D eigenvalue weighted by atomic mass is 32.2. The van der Waals surface area contributed by atoms with Crippen molar-refractivity contribution in [3.63, 3.8) is 0 Å². The third kappa shape index (κ3) is 3.04. The Hall–Kier alpha value is -1.75. The molecule has 20 heavy (non-hydrogen) atoms. The van der Waals surface area contributed by atoms with E-state index < -0.39 is 0 Å². The van der Waals surface area contributed by atoms with Gasteiger partial charge in [0.25, 0.3) is 0 Å². The van der Waals surface area contributed by atoms with E-state index in [-0.39, 0.29) is 11.2 Å². The Labute approximate surface area is 122 Å². The minimum Gasteiger partial charge on any atom is -0.460 e. The summed E-state index contributed by atoms with van der Waals surface area (Å²) in [5.41, 5.74) is 1.99. The standard InChI is InChI=1S/C15H16N2O2S/c18-15(14-3-1-10-20-14)19-11-12-4-6-13(7-5-12)17-9-2-8-16-17/h2,4-9,14H,1,3,10-11H2/t14-/m1/s1. The van der Waals surface area contributed by atoms with E-state index in [2.05, 4.69) is 5.10 Å². The minimum atomic E-state index is -0.0800. The molecule has 1 atom stereocenters. The van der Waals surface area contributed by atoms with Crippen molar-refractivity contribution >= 4 is 17.7 Å². The van der Waals surface area contributed by atoms with Gasteiger partial charge in [-0.3, -0.25) is 4.79 Å². The molecular weight excluding hydrogens is 272 g/mol. The molecule has 1 aromatic carbocycles. The van der Waals surface area contributed by atoms with E-state index in [9.17, 15) is 4.79 Å². The lowest BCUT2D eigenvalue weighted by molar-refractivity contribution is -0.144. The second-order valence-electron chi connectivity index (χ2n) is 4.73. The molecule has 1 aliphatic rings. The molecule has 0 aliphatic carbocycles. The minimum absolute atomic E-state index is 0.0401. The molecule has 0 saturated carbocycles. The topological polar surface area (TPSA) is 44.1 Å². The average Bonchev–Trinajstić information content (AvgIpc) is 3.18. The maximum absolute atomic E-state index is 11.8. The highest BCUT2D eigenvalue weighted by Gasteiger charge is 2.24. The summed E-state index contributed by atoms with van der Waals surface area (Å²) in [5, 5.41) is 4.21. The van der Waals surface area contributed by atoms with Gasteiger partial charge < -0.3 is 4.74 Å². The predicted octanol–water partition coefficient (Wildman–Crippen LogP) is 2.81. The summed E-state index contributed by atoms with van der Waals surface area (Å²) in [6.07, 6.45) is 5.70. The van der Waals surface area contributed by atoms with Gasteiger partial charge in [-0.1, -0.05) is 12.1 Å². The van der Waals surface area contributed by atoms with Gasteiger partial charge in [-0.25, -0.2) is 4.68 Å². The third-order valence-electron chi connectivity index (χ3n) is 3.28. The first-order valence-corrected chi connectivity index (χ1v) is 7.75. The summed E-state index contributed by atoms with van der Waals surface area (Å²) in [7, 11) is 0. The lowest BCUT2D eigenvalue weighted by atomic mass is 10.2. The number of rotatable bonds is 4. The fourth-order valence-corrected chi connectivity index (χ4v) is 3.33. The zero-order chi connectivity index (χ0) is 13.8. The van der Waals surface area contributed by atoms with E-state index in [4.69, 9.17) is 4.74 Å². The molecule has 4 nitrogen and oxygen atoms in total. The Morgan fingerprint density at radius 1 is 1.40 bits per heavy atom. The van der Waals surface area contributed by atoms with Crippen LogP contribution in [0, 0.1) is 0 Å². The second kappa shape index (κ2) is 6.13. The predicted molar refractivity (Wildman–Crippen MR) is 78.8 cm³/mol. The lowest BCUT2D eigenvalue weighted by Gasteiger charge is -2.09. The Morgan fingerprint density at radius 3 is 2.90 bits per heavy atom. The maximum atomic E-state index is 11.8. The van der Waals surface area contributed by atoms with Crippen molar-refractivity contribution in [2.75, 3.05) is 5.75 Å². The van der Waals surface area contributed by atoms with Gasteiger partial charge in [-0.05, 0) is 42.4 Å². The average molecular weight is 288 g/mol. The van der Waals surface area contributed by atoms with Crippen molar-refractivity contribution < 1.29 is 9.53 Å². The van der Waals surface area contributed by atoms with Gasteiger partial charge in [0.1, 0.15) is 11.9 Å². The van der Waals surface area contributed by atoms with Crippen molar-refractivity contribution in [2.45, 2.75) is 24.7 Å². The van der Waals surface area contributed by atoms with Crippen molar-refractivity contribution in [2.24, 2.45) is 0 Å². The molecule has 0 spiro atoms. The van der Waals surface area contributed by atoms with Crippen LogP contribution in [0.4, 0.5) is 0 Å². The number of carbonyl (C=O) groups excluding carboxylic acids is 1. The van der Waals surface area contributed by atoms with Gasteiger partial charge in [0.2, 0.25) is 0 Å². The molecule has 104 valence electrons. The Balaban J connectivity index is 1.57. The van der Waals surface area contributed by atoms with E-state index >= 15 is 0 Å². The molecule has 0 unspecified atom stereocenters. The van der Waals surface area contributed by atoms with E-state index in [1.54, 1.807) is 22.6 Å². The molecule has 1 fully saturated rings. The second-order valence-corrected chi connectivity index (χ2v) is 6.04. The van der Waals surface area contributed by atoms with Crippen LogP contribution in [0.25, 0.3) is 5.69 Å². The number of hydrogen-bond donors (Lipinski definition) is 0. The zero-order valence-electron chi connectivity index (χ0n) is 11.1. The summed E-state index contributed by atoms with van der Waals surface area (Å²) < 4.78 is 7.16. The molecule has 0 radical (unpaired) electrons. The number of aromatic nitrogens is 2. The van der Waals surface area contributed by atoms with Crippen LogP contribution in [-0.2, 0) is 16.1 Å². The molecule has 1 aromatic heterocycles. The summed E-state index contributed by atoms with van der Waals surface area (Å²) in [6, 6.07) is 9.76. The van der Waals surface area contributed by atoms with Crippen LogP contribution in [0.1, 0.15) is 18.4 Å². The van der Waals surface area contributed by atoms with Crippen molar-refractivity contribution in [1.29, 1.82) is 0 Å². The van der Waals surface area contributed by atoms with Gasteiger partial charge in [-0.2, -0.15) is 5.10 Å². The monoisotopic (exact) mass is 288 g/mol. The van der Waals surface area contributed by atoms with E-state index in [0.717, 1.165) is 29.8 Å². The third-order valence-corrected chi connectivity index (χ3v) is 4.63. The fraction of sp³-hybridized carbons (Fsp3) is 0.333. The van der Waals surface area contributed by atoms with Crippen molar-refractivity contribution in [3.8, 4) is 5.69 Å². The summed E-state index contributed by atoms with van der Waals surface area (Å²) in [6.45, 7) is 0.343. The summed E-state index contributed by atoms with van der Waals surface area (Å²) in [4.78, 5) is 11.8. The Morgan fingerprint density at radius 2 is 2.25 bits per heavy atom. The van der Waals surface area contributed by atoms with Crippen molar-refractivity contribution in [1.82, 2.24) is 9.78 Å². The van der Waals surface area contributed by atoms with Crippen LogP contribution in [0.15, 0.2) is 42.7 Å².